The SMILES string of the molecule is CCC(CCO)CNS(=O)(=O)c1cc(C)c(Cl)c(N)c1. The molecule has 114 valence electrons. The Labute approximate surface area is 125 Å². The third kappa shape index (κ3) is 4.34. The third-order valence-electron chi connectivity index (χ3n) is 3.24. The second kappa shape index (κ2) is 7.26. The summed E-state index contributed by atoms with van der Waals surface area (Å²) in [7, 11) is -3.62. The molecule has 0 amide bonds. The quantitative estimate of drug-likeness (QED) is 0.669. The number of aliphatic hydroxyl groups excluding tert-OH is 1. The number of nitrogen functional groups attached to an aromatic ring is 1. The van der Waals surface area contributed by atoms with Gasteiger partial charge in [-0.1, -0.05) is 24.9 Å². The molecule has 0 aliphatic rings. The molecule has 1 atom stereocenters. The van der Waals surface area contributed by atoms with Crippen molar-refractivity contribution in [3.05, 3.63) is 22.7 Å². The van der Waals surface area contributed by atoms with Gasteiger partial charge < -0.3 is 10.8 Å². The fourth-order valence-electron chi connectivity index (χ4n) is 1.86. The normalized spacial score (nSPS) is 13.4. The molecule has 0 radical (unpaired) electrons. The van der Waals surface area contributed by atoms with Gasteiger partial charge in [-0.25, -0.2) is 13.1 Å². The van der Waals surface area contributed by atoms with Crippen LogP contribution < -0.4 is 10.5 Å². The standard InChI is InChI=1S/C13H21ClN2O3S/c1-3-10(4-5-17)8-16-20(18,19)11-6-9(2)13(14)12(15)7-11/h6-7,10,16-17H,3-5,8,15H2,1-2H3. The summed E-state index contributed by atoms with van der Waals surface area (Å²) in [6.07, 6.45) is 1.37. The maximum atomic E-state index is 12.2. The van der Waals surface area contributed by atoms with Gasteiger partial charge in [-0.05, 0) is 37.0 Å². The van der Waals surface area contributed by atoms with Crippen LogP contribution in [0.3, 0.4) is 0 Å². The average Bonchev–Trinajstić information content (AvgIpc) is 2.40. The van der Waals surface area contributed by atoms with Gasteiger partial charge in [0, 0.05) is 13.2 Å². The summed E-state index contributed by atoms with van der Waals surface area (Å²) in [5.74, 6) is 0.112. The first-order valence-corrected chi connectivity index (χ1v) is 8.34. The molecule has 0 aliphatic carbocycles. The maximum Gasteiger partial charge on any atom is 0.240 e. The highest BCUT2D eigenvalue weighted by Gasteiger charge is 2.18. The summed E-state index contributed by atoms with van der Waals surface area (Å²) in [6.45, 7) is 4.01. The van der Waals surface area contributed by atoms with Gasteiger partial charge in [0.15, 0.2) is 0 Å². The van der Waals surface area contributed by atoms with E-state index in [-0.39, 0.29) is 23.1 Å². The van der Waals surface area contributed by atoms with Crippen molar-refractivity contribution in [2.45, 2.75) is 31.6 Å². The molecule has 0 saturated heterocycles. The molecule has 0 fully saturated rings. The fourth-order valence-corrected chi connectivity index (χ4v) is 3.21. The molecule has 0 bridgehead atoms. The number of benzene rings is 1. The van der Waals surface area contributed by atoms with Crippen LogP contribution in [0.1, 0.15) is 25.3 Å². The van der Waals surface area contributed by atoms with Crippen molar-refractivity contribution >= 4 is 27.3 Å². The van der Waals surface area contributed by atoms with Crippen molar-refractivity contribution < 1.29 is 13.5 Å². The first-order valence-electron chi connectivity index (χ1n) is 6.48. The number of aliphatic hydroxyl groups is 1. The van der Waals surface area contributed by atoms with E-state index in [0.29, 0.717) is 23.6 Å². The van der Waals surface area contributed by atoms with E-state index in [9.17, 15) is 8.42 Å². The number of nitrogens with two attached hydrogens (primary N) is 1. The molecular weight excluding hydrogens is 300 g/mol. The Morgan fingerprint density at radius 3 is 2.60 bits per heavy atom. The predicted octanol–water partition coefficient (Wildman–Crippen LogP) is 1.92. The minimum atomic E-state index is -3.62. The molecule has 5 nitrogen and oxygen atoms in total. The number of anilines is 1. The highest BCUT2D eigenvalue weighted by atomic mass is 35.5. The molecule has 7 heteroatoms. The molecule has 1 aromatic carbocycles. The van der Waals surface area contributed by atoms with E-state index >= 15 is 0 Å². The monoisotopic (exact) mass is 320 g/mol. The fraction of sp³-hybridized carbons (Fsp3) is 0.538. The largest absolute Gasteiger partial charge is 0.397 e. The number of halogens is 1. The maximum absolute atomic E-state index is 12.2. The number of nitrogens with one attached hydrogen (secondary N) is 1. The zero-order valence-corrected chi connectivity index (χ0v) is 13.3. The lowest BCUT2D eigenvalue weighted by molar-refractivity contribution is 0.254. The van der Waals surface area contributed by atoms with Crippen LogP contribution in [0, 0.1) is 12.8 Å². The topological polar surface area (TPSA) is 92.4 Å². The second-order valence-electron chi connectivity index (χ2n) is 4.78. The van der Waals surface area contributed by atoms with Gasteiger partial charge in [-0.15, -0.1) is 0 Å². The van der Waals surface area contributed by atoms with E-state index in [2.05, 4.69) is 4.72 Å². The molecule has 1 aromatic rings. The minimum absolute atomic E-state index is 0.0488. The zero-order valence-electron chi connectivity index (χ0n) is 11.7. The first-order chi connectivity index (χ1) is 9.31. The van der Waals surface area contributed by atoms with Crippen molar-refractivity contribution in [3.8, 4) is 0 Å². The van der Waals surface area contributed by atoms with Crippen molar-refractivity contribution in [3.63, 3.8) is 0 Å². The highest BCUT2D eigenvalue weighted by Crippen LogP contribution is 2.26. The van der Waals surface area contributed by atoms with Crippen molar-refractivity contribution in [1.82, 2.24) is 4.72 Å². The van der Waals surface area contributed by atoms with E-state index in [1.807, 2.05) is 6.92 Å². The van der Waals surface area contributed by atoms with Crippen LogP contribution in [0.15, 0.2) is 17.0 Å². The summed E-state index contributed by atoms with van der Waals surface area (Å²) in [6, 6.07) is 2.85. The summed E-state index contributed by atoms with van der Waals surface area (Å²) in [5, 5.41) is 9.28. The van der Waals surface area contributed by atoms with Crippen LogP contribution >= 0.6 is 11.6 Å². The molecule has 20 heavy (non-hydrogen) atoms. The van der Waals surface area contributed by atoms with Crippen LogP contribution in [-0.2, 0) is 10.0 Å². The lowest BCUT2D eigenvalue weighted by Crippen LogP contribution is -2.29. The van der Waals surface area contributed by atoms with E-state index in [1.54, 1.807) is 6.92 Å². The Balaban J connectivity index is 2.89. The van der Waals surface area contributed by atoms with Gasteiger partial charge in [0.1, 0.15) is 0 Å². The Bertz CT molecular complexity index is 538. The summed E-state index contributed by atoms with van der Waals surface area (Å²) >= 11 is 5.92. The van der Waals surface area contributed by atoms with Gasteiger partial charge in [0.2, 0.25) is 10.0 Å². The second-order valence-corrected chi connectivity index (χ2v) is 6.93. The minimum Gasteiger partial charge on any atom is -0.397 e. The number of hydrogen-bond acceptors (Lipinski definition) is 4. The summed E-state index contributed by atoms with van der Waals surface area (Å²) < 4.78 is 26.9. The summed E-state index contributed by atoms with van der Waals surface area (Å²) in [4.78, 5) is 0.107. The number of sulfonamides is 1. The lowest BCUT2D eigenvalue weighted by Gasteiger charge is -2.15. The Morgan fingerprint density at radius 1 is 1.45 bits per heavy atom. The molecule has 4 N–H and O–H groups in total. The van der Waals surface area contributed by atoms with Crippen LogP contribution in [0.5, 0.6) is 0 Å². The molecule has 1 unspecified atom stereocenters. The van der Waals surface area contributed by atoms with Crippen molar-refractivity contribution in [1.29, 1.82) is 0 Å². The van der Waals surface area contributed by atoms with Gasteiger partial charge in [-0.3, -0.25) is 0 Å². The van der Waals surface area contributed by atoms with Crippen LogP contribution in [-0.4, -0.2) is 26.7 Å². The molecule has 0 saturated carbocycles. The molecule has 1 rings (SSSR count). The van der Waals surface area contributed by atoms with E-state index in [0.717, 1.165) is 6.42 Å². The van der Waals surface area contributed by atoms with E-state index in [1.165, 1.54) is 12.1 Å². The molecule has 0 aliphatic heterocycles. The molecule has 0 heterocycles. The first kappa shape index (κ1) is 17.2. The third-order valence-corrected chi connectivity index (χ3v) is 5.16. The van der Waals surface area contributed by atoms with Gasteiger partial charge in [0.05, 0.1) is 15.6 Å². The zero-order chi connectivity index (χ0) is 15.3. The van der Waals surface area contributed by atoms with Gasteiger partial charge >= 0.3 is 0 Å². The smallest absolute Gasteiger partial charge is 0.240 e. The Hall–Kier alpha value is -0.820. The predicted molar refractivity (Wildman–Crippen MR) is 81.3 cm³/mol. The lowest BCUT2D eigenvalue weighted by atomic mass is 10.0. The number of rotatable bonds is 7. The van der Waals surface area contributed by atoms with Crippen LogP contribution in [0.25, 0.3) is 0 Å². The molecule has 0 aromatic heterocycles. The molecule has 0 spiro atoms. The van der Waals surface area contributed by atoms with E-state index < -0.39 is 10.0 Å². The van der Waals surface area contributed by atoms with E-state index in [4.69, 9.17) is 22.4 Å². The highest BCUT2D eigenvalue weighted by molar-refractivity contribution is 7.89. The Morgan fingerprint density at radius 2 is 2.10 bits per heavy atom. The number of aryl methyl sites for hydroxylation is 1. The van der Waals surface area contributed by atoms with Crippen molar-refractivity contribution in [2.75, 3.05) is 18.9 Å². The van der Waals surface area contributed by atoms with Crippen LogP contribution in [0.4, 0.5) is 5.69 Å². The van der Waals surface area contributed by atoms with Gasteiger partial charge in [0.25, 0.3) is 0 Å². The van der Waals surface area contributed by atoms with Crippen LogP contribution in [0.2, 0.25) is 5.02 Å². The molecular formula is C13H21ClN2O3S. The van der Waals surface area contributed by atoms with Gasteiger partial charge in [-0.2, -0.15) is 0 Å². The number of hydrogen-bond donors (Lipinski definition) is 3. The average molecular weight is 321 g/mol. The Kier molecular flexibility index (Phi) is 6.26. The van der Waals surface area contributed by atoms with Crippen molar-refractivity contribution in [2.24, 2.45) is 5.92 Å². The summed E-state index contributed by atoms with van der Waals surface area (Å²) in [5.41, 5.74) is 6.56.